The van der Waals surface area contributed by atoms with Crippen molar-refractivity contribution < 1.29 is 23.8 Å². The van der Waals surface area contributed by atoms with Gasteiger partial charge < -0.3 is 19.1 Å². The van der Waals surface area contributed by atoms with Gasteiger partial charge in [-0.3, -0.25) is 9.59 Å². The molecule has 0 saturated heterocycles. The van der Waals surface area contributed by atoms with Crippen molar-refractivity contribution in [2.45, 2.75) is 279 Å². The van der Waals surface area contributed by atoms with Crippen molar-refractivity contribution in [2.24, 2.45) is 11.8 Å². The quantitative estimate of drug-likeness (QED) is 0.0449. The first-order chi connectivity index (χ1) is 28.9. The van der Waals surface area contributed by atoms with Gasteiger partial charge in [0.2, 0.25) is 0 Å². The minimum atomic E-state index is 0.00716. The third-order valence-electron chi connectivity index (χ3n) is 12.9. The van der Waals surface area contributed by atoms with E-state index in [4.69, 9.17) is 14.2 Å². The number of nitrogens with zero attached hydrogens (tertiary/aromatic N) is 1. The van der Waals surface area contributed by atoms with Crippen LogP contribution in [0.25, 0.3) is 0 Å². The van der Waals surface area contributed by atoms with E-state index in [0.29, 0.717) is 32.2 Å². The maximum Gasteiger partial charge on any atom is 0.305 e. The van der Waals surface area contributed by atoms with Crippen LogP contribution in [0.1, 0.15) is 273 Å². The molecule has 0 spiro atoms. The largest absolute Gasteiger partial charge is 0.466 e. The minimum absolute atomic E-state index is 0.00716. The Bertz CT molecular complexity index is 785. The monoisotopic (exact) mass is 836 g/mol. The Morgan fingerprint density at radius 1 is 0.373 bits per heavy atom. The summed E-state index contributed by atoms with van der Waals surface area (Å²) in [7, 11) is 0. The molecule has 0 rings (SSSR count). The predicted octanol–water partition coefficient (Wildman–Crippen LogP) is 16.2. The van der Waals surface area contributed by atoms with Crippen LogP contribution in [0.2, 0.25) is 0 Å². The van der Waals surface area contributed by atoms with Gasteiger partial charge in [-0.2, -0.15) is 0 Å². The number of hydrogen-bond acceptors (Lipinski definition) is 6. The molecule has 0 aromatic carbocycles. The second-order valence-electron chi connectivity index (χ2n) is 18.3. The van der Waals surface area contributed by atoms with Crippen LogP contribution in [0.15, 0.2) is 0 Å². The average molecular weight is 836 g/mol. The van der Waals surface area contributed by atoms with E-state index in [0.717, 1.165) is 76.5 Å². The van der Waals surface area contributed by atoms with E-state index >= 15 is 0 Å². The molecule has 0 aliphatic carbocycles. The van der Waals surface area contributed by atoms with Gasteiger partial charge in [0.15, 0.2) is 0 Å². The lowest BCUT2D eigenvalue weighted by molar-refractivity contribution is -0.145. The summed E-state index contributed by atoms with van der Waals surface area (Å²) in [6.07, 6.45) is 43.1. The Kier molecular flexibility index (Phi) is 45.5. The van der Waals surface area contributed by atoms with E-state index in [9.17, 15) is 9.59 Å². The second-order valence-corrected chi connectivity index (χ2v) is 18.3. The Hall–Kier alpha value is -1.14. The Balaban J connectivity index is 4.28. The SMILES string of the molecule is CCCCCC(CCCCC)CCOC(=O)CCCCCCCCC(CCCCCCCCC(=O)OCCC(CCCCC)CCCCC)OCCCCN(CC)CC. The summed E-state index contributed by atoms with van der Waals surface area (Å²) >= 11 is 0. The molecule has 0 unspecified atom stereocenters. The van der Waals surface area contributed by atoms with Crippen LogP contribution in [0.3, 0.4) is 0 Å². The molecule has 0 N–H and O–H groups in total. The lowest BCUT2D eigenvalue weighted by Gasteiger charge is -2.20. The molecule has 0 saturated carbocycles. The minimum Gasteiger partial charge on any atom is -0.466 e. The molecule has 0 amide bonds. The van der Waals surface area contributed by atoms with E-state index < -0.39 is 0 Å². The van der Waals surface area contributed by atoms with Crippen molar-refractivity contribution in [1.82, 2.24) is 4.90 Å². The predicted molar refractivity (Wildman–Crippen MR) is 255 cm³/mol. The van der Waals surface area contributed by atoms with E-state index in [1.54, 1.807) is 0 Å². The van der Waals surface area contributed by atoms with Crippen molar-refractivity contribution >= 4 is 11.9 Å². The summed E-state index contributed by atoms with van der Waals surface area (Å²) in [5.74, 6) is 1.45. The highest BCUT2D eigenvalue weighted by Crippen LogP contribution is 2.23. The topological polar surface area (TPSA) is 65.1 Å². The third kappa shape index (κ3) is 40.7. The average Bonchev–Trinajstić information content (AvgIpc) is 3.23. The molecule has 0 aromatic heterocycles. The molecule has 0 radical (unpaired) electrons. The van der Waals surface area contributed by atoms with Crippen LogP contribution in [-0.4, -0.2) is 62.4 Å². The molecule has 59 heavy (non-hydrogen) atoms. The van der Waals surface area contributed by atoms with Gasteiger partial charge in [0.25, 0.3) is 0 Å². The summed E-state index contributed by atoms with van der Waals surface area (Å²) in [4.78, 5) is 27.3. The number of carbonyl (C=O) groups is 2. The molecule has 0 heterocycles. The molecule has 6 nitrogen and oxygen atoms in total. The number of carbonyl (C=O) groups excluding carboxylic acids is 2. The van der Waals surface area contributed by atoms with Gasteiger partial charge in [-0.25, -0.2) is 0 Å². The molecule has 0 atom stereocenters. The summed E-state index contributed by atoms with van der Waals surface area (Å²) in [5.41, 5.74) is 0. The van der Waals surface area contributed by atoms with Crippen LogP contribution in [0.4, 0.5) is 0 Å². The second kappa shape index (κ2) is 46.4. The lowest BCUT2D eigenvalue weighted by atomic mass is 9.92. The van der Waals surface area contributed by atoms with E-state index in [2.05, 4.69) is 46.4 Å². The van der Waals surface area contributed by atoms with Crippen LogP contribution in [-0.2, 0) is 23.8 Å². The maximum atomic E-state index is 12.4. The highest BCUT2D eigenvalue weighted by Gasteiger charge is 2.13. The van der Waals surface area contributed by atoms with Crippen LogP contribution < -0.4 is 0 Å². The Morgan fingerprint density at radius 3 is 1.10 bits per heavy atom. The molecule has 0 bridgehead atoms. The highest BCUT2D eigenvalue weighted by molar-refractivity contribution is 5.69. The zero-order chi connectivity index (χ0) is 43.3. The standard InChI is InChI=1S/C53H105NO5/c1-7-13-25-35-49(36-26-14-8-2)43-47-58-52(55)41-31-23-19-17-21-29-39-51(57-46-34-33-45-54(11-5)12-6)40-30-22-18-20-24-32-42-53(56)59-48-44-50(37-27-15-9-3)38-28-16-10-4/h49-51H,7-48H2,1-6H3. The van der Waals surface area contributed by atoms with Gasteiger partial charge in [0.05, 0.1) is 19.3 Å². The molecule has 352 valence electrons. The molecule has 0 aliphatic rings. The summed E-state index contributed by atoms with van der Waals surface area (Å²) in [6.45, 7) is 19.1. The fourth-order valence-electron chi connectivity index (χ4n) is 8.66. The smallest absolute Gasteiger partial charge is 0.305 e. The number of hydrogen-bond donors (Lipinski definition) is 0. The molecular weight excluding hydrogens is 731 g/mol. The first kappa shape index (κ1) is 57.9. The van der Waals surface area contributed by atoms with Crippen LogP contribution in [0.5, 0.6) is 0 Å². The van der Waals surface area contributed by atoms with Gasteiger partial charge in [-0.05, 0) is 82.8 Å². The number of ether oxygens (including phenoxy) is 3. The van der Waals surface area contributed by atoms with E-state index in [-0.39, 0.29) is 11.9 Å². The van der Waals surface area contributed by atoms with Crippen molar-refractivity contribution in [2.75, 3.05) is 39.5 Å². The lowest BCUT2D eigenvalue weighted by Crippen LogP contribution is -2.24. The molecular formula is C53H105NO5. The zero-order valence-corrected chi connectivity index (χ0v) is 40.9. The van der Waals surface area contributed by atoms with Crippen molar-refractivity contribution in [3.05, 3.63) is 0 Å². The fourth-order valence-corrected chi connectivity index (χ4v) is 8.66. The Morgan fingerprint density at radius 2 is 0.729 bits per heavy atom. The summed E-state index contributed by atoms with van der Waals surface area (Å²) in [6, 6.07) is 0. The first-order valence-corrected chi connectivity index (χ1v) is 26.6. The van der Waals surface area contributed by atoms with Gasteiger partial charge in [-0.1, -0.05) is 208 Å². The van der Waals surface area contributed by atoms with Crippen LogP contribution in [0, 0.1) is 11.8 Å². The summed E-state index contributed by atoms with van der Waals surface area (Å²) < 4.78 is 17.8. The molecule has 0 aliphatic heterocycles. The van der Waals surface area contributed by atoms with Gasteiger partial charge >= 0.3 is 11.9 Å². The number of esters is 2. The van der Waals surface area contributed by atoms with E-state index in [1.807, 2.05) is 0 Å². The van der Waals surface area contributed by atoms with Crippen molar-refractivity contribution in [1.29, 1.82) is 0 Å². The molecule has 0 fully saturated rings. The number of rotatable bonds is 48. The van der Waals surface area contributed by atoms with E-state index in [1.165, 1.54) is 180 Å². The van der Waals surface area contributed by atoms with Crippen LogP contribution >= 0.6 is 0 Å². The Labute approximate surface area is 369 Å². The fraction of sp³-hybridized carbons (Fsp3) is 0.962. The maximum absolute atomic E-state index is 12.4. The van der Waals surface area contributed by atoms with Crippen molar-refractivity contribution in [3.8, 4) is 0 Å². The van der Waals surface area contributed by atoms with Crippen molar-refractivity contribution in [3.63, 3.8) is 0 Å². The third-order valence-corrected chi connectivity index (χ3v) is 12.9. The normalized spacial score (nSPS) is 11.8. The molecule has 0 aromatic rings. The molecule has 6 heteroatoms. The van der Waals surface area contributed by atoms with Gasteiger partial charge in [0.1, 0.15) is 0 Å². The zero-order valence-electron chi connectivity index (χ0n) is 40.9. The van der Waals surface area contributed by atoms with Gasteiger partial charge in [-0.15, -0.1) is 0 Å². The highest BCUT2D eigenvalue weighted by atomic mass is 16.5. The van der Waals surface area contributed by atoms with Gasteiger partial charge in [0, 0.05) is 19.4 Å². The first-order valence-electron chi connectivity index (χ1n) is 26.6. The summed E-state index contributed by atoms with van der Waals surface area (Å²) in [5, 5.41) is 0. The number of unbranched alkanes of at least 4 members (excludes halogenated alkanes) is 19.